The van der Waals surface area contributed by atoms with E-state index in [0.29, 0.717) is 5.69 Å². The van der Waals surface area contributed by atoms with Crippen LogP contribution in [0.1, 0.15) is 12.1 Å². The van der Waals surface area contributed by atoms with Crippen LogP contribution in [0.15, 0.2) is 28.8 Å². The molecule has 1 atom stereocenters. The molecule has 1 aliphatic rings. The van der Waals surface area contributed by atoms with Gasteiger partial charge in [0.1, 0.15) is 5.69 Å². The number of benzene rings is 1. The van der Waals surface area contributed by atoms with Crippen molar-refractivity contribution in [3.8, 4) is 0 Å². The van der Waals surface area contributed by atoms with E-state index in [1.54, 1.807) is 0 Å². The molecule has 18 heavy (non-hydrogen) atoms. The molecule has 0 saturated carbocycles. The Morgan fingerprint density at radius 3 is 3.22 bits per heavy atom. The predicted molar refractivity (Wildman–Crippen MR) is 67.1 cm³/mol. The van der Waals surface area contributed by atoms with Crippen LogP contribution in [0, 0.1) is 0 Å². The van der Waals surface area contributed by atoms with Crippen molar-refractivity contribution in [3.05, 3.63) is 30.0 Å². The van der Waals surface area contributed by atoms with Gasteiger partial charge in [-0.15, -0.1) is 0 Å². The maximum atomic E-state index is 11.9. The molecule has 1 aromatic heterocycles. The Morgan fingerprint density at radius 1 is 1.50 bits per heavy atom. The lowest BCUT2D eigenvalue weighted by Gasteiger charge is -2.10. The molecule has 3 rings (SSSR count). The van der Waals surface area contributed by atoms with Gasteiger partial charge in [-0.05, 0) is 25.1 Å². The summed E-state index contributed by atoms with van der Waals surface area (Å²) in [6.07, 6.45) is 1.26. The first-order valence-corrected chi connectivity index (χ1v) is 6.16. The Bertz CT molecular complexity index is 558. The van der Waals surface area contributed by atoms with E-state index in [4.69, 9.17) is 4.52 Å². The van der Waals surface area contributed by atoms with Crippen LogP contribution >= 0.6 is 0 Å². The molecule has 0 bridgehead atoms. The van der Waals surface area contributed by atoms with Gasteiger partial charge in [0.05, 0.1) is 6.42 Å². The maximum Gasteiger partial charge on any atom is 0.226 e. The minimum absolute atomic E-state index is 0.00255. The Hall–Kier alpha value is -1.88. The first-order chi connectivity index (χ1) is 8.83. The first kappa shape index (κ1) is 11.2. The molecule has 1 aromatic carbocycles. The zero-order valence-corrected chi connectivity index (χ0v) is 9.98. The molecule has 1 amide bonds. The second-order valence-electron chi connectivity index (χ2n) is 4.56. The van der Waals surface area contributed by atoms with Crippen molar-refractivity contribution in [3.63, 3.8) is 0 Å². The average Bonchev–Trinajstić information content (AvgIpc) is 3.00. The van der Waals surface area contributed by atoms with Crippen LogP contribution in [-0.4, -0.2) is 30.2 Å². The molecule has 1 saturated heterocycles. The van der Waals surface area contributed by atoms with Gasteiger partial charge in [-0.1, -0.05) is 17.3 Å². The fourth-order valence-corrected chi connectivity index (χ4v) is 2.27. The number of fused-ring (bicyclic) bond motifs is 1. The van der Waals surface area contributed by atoms with Gasteiger partial charge in [0.15, 0.2) is 5.58 Å². The maximum absolute atomic E-state index is 11.9. The number of para-hydroxylation sites is 1. The lowest BCUT2D eigenvalue weighted by Crippen LogP contribution is -2.37. The zero-order chi connectivity index (χ0) is 12.4. The van der Waals surface area contributed by atoms with Crippen molar-refractivity contribution in [2.45, 2.75) is 18.9 Å². The Labute approximate surface area is 105 Å². The first-order valence-electron chi connectivity index (χ1n) is 6.16. The SMILES string of the molecule is O=C(Cc1noc2ccccc12)NC1CCNC1. The molecule has 94 valence electrons. The van der Waals surface area contributed by atoms with Crippen LogP contribution in [0.5, 0.6) is 0 Å². The number of nitrogens with one attached hydrogen (secondary N) is 2. The highest BCUT2D eigenvalue weighted by molar-refractivity contribution is 5.86. The zero-order valence-electron chi connectivity index (χ0n) is 9.98. The summed E-state index contributed by atoms with van der Waals surface area (Å²) >= 11 is 0. The number of aromatic nitrogens is 1. The molecule has 0 spiro atoms. The highest BCUT2D eigenvalue weighted by Gasteiger charge is 2.18. The molecule has 0 radical (unpaired) electrons. The smallest absolute Gasteiger partial charge is 0.226 e. The molecule has 2 heterocycles. The third-order valence-corrected chi connectivity index (χ3v) is 3.21. The summed E-state index contributed by atoms with van der Waals surface area (Å²) < 4.78 is 5.18. The number of nitrogens with zero attached hydrogens (tertiary/aromatic N) is 1. The minimum Gasteiger partial charge on any atom is -0.356 e. The molecule has 2 aromatic rings. The molecular weight excluding hydrogens is 230 g/mol. The lowest BCUT2D eigenvalue weighted by atomic mass is 10.1. The van der Waals surface area contributed by atoms with Crippen molar-refractivity contribution in [1.82, 2.24) is 15.8 Å². The van der Waals surface area contributed by atoms with Gasteiger partial charge in [0, 0.05) is 18.0 Å². The number of amides is 1. The van der Waals surface area contributed by atoms with Gasteiger partial charge in [-0.3, -0.25) is 4.79 Å². The monoisotopic (exact) mass is 245 g/mol. The minimum atomic E-state index is 0.00255. The van der Waals surface area contributed by atoms with Gasteiger partial charge in [0.25, 0.3) is 0 Å². The number of carbonyl (C=O) groups is 1. The summed E-state index contributed by atoms with van der Waals surface area (Å²) in [7, 11) is 0. The second-order valence-corrected chi connectivity index (χ2v) is 4.56. The van der Waals surface area contributed by atoms with Crippen molar-refractivity contribution < 1.29 is 9.32 Å². The highest BCUT2D eigenvalue weighted by atomic mass is 16.5. The van der Waals surface area contributed by atoms with E-state index < -0.39 is 0 Å². The van der Waals surface area contributed by atoms with Gasteiger partial charge < -0.3 is 15.2 Å². The number of hydrogen-bond donors (Lipinski definition) is 2. The van der Waals surface area contributed by atoms with Crippen molar-refractivity contribution in [1.29, 1.82) is 0 Å². The van der Waals surface area contributed by atoms with E-state index in [1.165, 1.54) is 0 Å². The van der Waals surface area contributed by atoms with Crippen molar-refractivity contribution >= 4 is 16.9 Å². The fourth-order valence-electron chi connectivity index (χ4n) is 2.27. The summed E-state index contributed by atoms with van der Waals surface area (Å²) in [5, 5.41) is 11.1. The summed E-state index contributed by atoms with van der Waals surface area (Å²) in [6, 6.07) is 7.83. The van der Waals surface area contributed by atoms with Gasteiger partial charge in [-0.2, -0.15) is 0 Å². The third kappa shape index (κ3) is 2.22. The molecule has 0 aliphatic carbocycles. The number of carbonyl (C=O) groups excluding carboxylic acids is 1. The number of hydrogen-bond acceptors (Lipinski definition) is 4. The van der Waals surface area contributed by atoms with Crippen LogP contribution in [0.25, 0.3) is 11.0 Å². The summed E-state index contributed by atoms with van der Waals surface area (Å²) in [5.74, 6) is 0.00255. The second kappa shape index (κ2) is 4.78. The van der Waals surface area contributed by atoms with Crippen LogP contribution < -0.4 is 10.6 Å². The Kier molecular flexibility index (Phi) is 2.98. The largest absolute Gasteiger partial charge is 0.356 e. The van der Waals surface area contributed by atoms with E-state index in [0.717, 1.165) is 30.5 Å². The quantitative estimate of drug-likeness (QED) is 0.841. The van der Waals surface area contributed by atoms with E-state index >= 15 is 0 Å². The molecule has 1 fully saturated rings. The third-order valence-electron chi connectivity index (χ3n) is 3.21. The van der Waals surface area contributed by atoms with E-state index in [1.807, 2.05) is 24.3 Å². The van der Waals surface area contributed by atoms with Crippen LogP contribution in [0.2, 0.25) is 0 Å². The van der Waals surface area contributed by atoms with Gasteiger partial charge >= 0.3 is 0 Å². The summed E-state index contributed by atoms with van der Waals surface area (Å²) in [5.41, 5.74) is 1.43. The Morgan fingerprint density at radius 2 is 2.39 bits per heavy atom. The molecule has 1 aliphatic heterocycles. The normalized spacial score (nSPS) is 19.2. The van der Waals surface area contributed by atoms with Crippen LogP contribution in [0.3, 0.4) is 0 Å². The summed E-state index contributed by atoms with van der Waals surface area (Å²) in [4.78, 5) is 11.9. The van der Waals surface area contributed by atoms with Crippen molar-refractivity contribution in [2.24, 2.45) is 0 Å². The summed E-state index contributed by atoms with van der Waals surface area (Å²) in [6.45, 7) is 1.82. The van der Waals surface area contributed by atoms with E-state index in [-0.39, 0.29) is 18.4 Å². The van der Waals surface area contributed by atoms with Crippen LogP contribution in [0.4, 0.5) is 0 Å². The molecular formula is C13H15N3O2. The van der Waals surface area contributed by atoms with Gasteiger partial charge in [-0.25, -0.2) is 0 Å². The Balaban J connectivity index is 1.70. The van der Waals surface area contributed by atoms with E-state index in [2.05, 4.69) is 15.8 Å². The molecule has 5 heteroatoms. The lowest BCUT2D eigenvalue weighted by molar-refractivity contribution is -0.121. The highest BCUT2D eigenvalue weighted by Crippen LogP contribution is 2.18. The standard InChI is InChI=1S/C13H15N3O2/c17-13(15-9-5-6-14-8-9)7-11-10-3-1-2-4-12(10)18-16-11/h1-4,9,14H,5-8H2,(H,15,17). The van der Waals surface area contributed by atoms with Crippen molar-refractivity contribution in [2.75, 3.05) is 13.1 Å². The fraction of sp³-hybridized carbons (Fsp3) is 0.385. The topological polar surface area (TPSA) is 67.2 Å². The average molecular weight is 245 g/mol. The van der Waals surface area contributed by atoms with E-state index in [9.17, 15) is 4.79 Å². The van der Waals surface area contributed by atoms with Crippen LogP contribution in [-0.2, 0) is 11.2 Å². The van der Waals surface area contributed by atoms with Gasteiger partial charge in [0.2, 0.25) is 5.91 Å². The predicted octanol–water partition coefficient (Wildman–Crippen LogP) is 0.848. The number of rotatable bonds is 3. The molecule has 1 unspecified atom stereocenters. The molecule has 2 N–H and O–H groups in total. The molecule has 5 nitrogen and oxygen atoms in total.